The average Bonchev–Trinajstić information content (AvgIpc) is 3.36. The Kier molecular flexibility index (Phi) is 5.12. The molecule has 5 rings (SSSR count). The van der Waals surface area contributed by atoms with Gasteiger partial charge in [0.1, 0.15) is 16.6 Å². The molecule has 2 saturated heterocycles. The van der Waals surface area contributed by atoms with Gasteiger partial charge in [0.25, 0.3) is 0 Å². The van der Waals surface area contributed by atoms with Crippen LogP contribution in [0, 0.1) is 0 Å². The van der Waals surface area contributed by atoms with E-state index < -0.39 is 9.73 Å². The summed E-state index contributed by atoms with van der Waals surface area (Å²) in [5.74, 6) is 2.96. The van der Waals surface area contributed by atoms with Crippen LogP contribution >= 0.6 is 11.6 Å². The Morgan fingerprint density at radius 3 is 2.90 bits per heavy atom. The second kappa shape index (κ2) is 7.79. The van der Waals surface area contributed by atoms with Crippen LogP contribution in [0.3, 0.4) is 0 Å². The van der Waals surface area contributed by atoms with Gasteiger partial charge in [0.05, 0.1) is 29.0 Å². The predicted octanol–water partition coefficient (Wildman–Crippen LogP) is 3.79. The van der Waals surface area contributed by atoms with Crippen LogP contribution in [-0.4, -0.2) is 61.5 Å². The number of aromatic amines is 1. The molecule has 2 aliphatic rings. The molecule has 0 bridgehead atoms. The van der Waals surface area contributed by atoms with E-state index in [2.05, 4.69) is 31.1 Å². The van der Waals surface area contributed by atoms with E-state index in [4.69, 9.17) is 21.3 Å². The Balaban J connectivity index is 1.70. The van der Waals surface area contributed by atoms with Gasteiger partial charge in [-0.25, -0.2) is 19.2 Å². The van der Waals surface area contributed by atoms with E-state index in [-0.39, 0.29) is 6.04 Å². The number of halogens is 1. The van der Waals surface area contributed by atoms with E-state index in [0.29, 0.717) is 47.2 Å². The van der Waals surface area contributed by atoms with Crippen LogP contribution in [0.15, 0.2) is 28.8 Å². The van der Waals surface area contributed by atoms with Gasteiger partial charge in [-0.05, 0) is 31.9 Å². The Labute approximate surface area is 180 Å². The third-order valence-corrected chi connectivity index (χ3v) is 8.10. The lowest BCUT2D eigenvalue weighted by molar-refractivity contribution is 0.0985. The highest BCUT2D eigenvalue weighted by molar-refractivity contribution is 7.93. The fourth-order valence-electron chi connectivity index (χ4n) is 4.01. The van der Waals surface area contributed by atoms with Crippen LogP contribution in [0.1, 0.15) is 19.8 Å². The van der Waals surface area contributed by atoms with E-state index in [0.717, 1.165) is 36.2 Å². The van der Waals surface area contributed by atoms with E-state index in [1.807, 2.05) is 18.3 Å². The highest BCUT2D eigenvalue weighted by Crippen LogP contribution is 2.32. The summed E-state index contributed by atoms with van der Waals surface area (Å²) in [7, 11) is -2.26. The number of hydrogen-bond acceptors (Lipinski definition) is 7. The number of fused-ring (bicyclic) bond motifs is 1. The van der Waals surface area contributed by atoms with Crippen LogP contribution in [0.5, 0.6) is 0 Å². The smallest absolute Gasteiger partial charge is 0.167 e. The molecule has 30 heavy (non-hydrogen) atoms. The second-order valence-corrected chi connectivity index (χ2v) is 10.7. The summed E-state index contributed by atoms with van der Waals surface area (Å²) in [5.41, 5.74) is 1.44. The maximum Gasteiger partial charge on any atom is 0.167 e. The number of morpholine rings is 1. The molecule has 10 heteroatoms. The fourth-order valence-corrected chi connectivity index (χ4v) is 6.34. The molecule has 2 aliphatic heterocycles. The average molecular weight is 447 g/mol. The van der Waals surface area contributed by atoms with Crippen molar-refractivity contribution < 1.29 is 8.95 Å². The van der Waals surface area contributed by atoms with Crippen molar-refractivity contribution in [1.29, 1.82) is 0 Å². The summed E-state index contributed by atoms with van der Waals surface area (Å²) < 4.78 is 23.3. The molecule has 3 aromatic heterocycles. The van der Waals surface area contributed by atoms with Crippen molar-refractivity contribution in [3.05, 3.63) is 29.5 Å². The lowest BCUT2D eigenvalue weighted by Gasteiger charge is -2.34. The van der Waals surface area contributed by atoms with Gasteiger partial charge >= 0.3 is 0 Å². The molecule has 0 unspecified atom stereocenters. The lowest BCUT2D eigenvalue weighted by atomic mass is 10.1. The lowest BCUT2D eigenvalue weighted by Crippen LogP contribution is -2.44. The molecule has 0 spiro atoms. The van der Waals surface area contributed by atoms with E-state index in [9.17, 15) is 4.21 Å². The molecule has 8 nitrogen and oxygen atoms in total. The molecule has 158 valence electrons. The van der Waals surface area contributed by atoms with E-state index >= 15 is 0 Å². The first-order valence-corrected chi connectivity index (χ1v) is 12.3. The Morgan fingerprint density at radius 2 is 2.10 bits per heavy atom. The third-order valence-electron chi connectivity index (χ3n) is 5.54. The zero-order valence-electron chi connectivity index (χ0n) is 16.7. The Morgan fingerprint density at radius 1 is 1.27 bits per heavy atom. The highest BCUT2D eigenvalue weighted by atomic mass is 35.5. The number of anilines is 1. The molecule has 1 N–H and O–H groups in total. The van der Waals surface area contributed by atoms with Crippen molar-refractivity contribution >= 4 is 44.0 Å². The summed E-state index contributed by atoms with van der Waals surface area (Å²) in [4.78, 5) is 19.1. The first-order valence-electron chi connectivity index (χ1n) is 10.1. The SMILES string of the molecule is C[C@@H]1COCCN1c1cc(N=S2(=O)CCCC2)nc(-c2cc(Cl)nc3[nH]ccc23)n1. The number of nitrogens with one attached hydrogen (secondary N) is 1. The molecule has 0 radical (unpaired) electrons. The number of ether oxygens (including phenoxy) is 1. The van der Waals surface area contributed by atoms with Crippen molar-refractivity contribution in [2.75, 3.05) is 36.2 Å². The minimum Gasteiger partial charge on any atom is -0.377 e. The number of rotatable bonds is 3. The number of pyridine rings is 1. The van der Waals surface area contributed by atoms with Crippen molar-refractivity contribution in [1.82, 2.24) is 19.9 Å². The van der Waals surface area contributed by atoms with Crippen LogP contribution in [-0.2, 0) is 14.5 Å². The van der Waals surface area contributed by atoms with Crippen molar-refractivity contribution in [3.63, 3.8) is 0 Å². The minimum absolute atomic E-state index is 0.169. The Bertz CT molecular complexity index is 1210. The molecule has 0 amide bonds. The largest absolute Gasteiger partial charge is 0.377 e. The topological polar surface area (TPSA) is 96.4 Å². The molecule has 1 atom stereocenters. The zero-order valence-corrected chi connectivity index (χ0v) is 18.2. The molecule has 2 fully saturated rings. The van der Waals surface area contributed by atoms with Crippen LogP contribution in [0.2, 0.25) is 5.15 Å². The van der Waals surface area contributed by atoms with Crippen LogP contribution in [0.25, 0.3) is 22.4 Å². The molecule has 0 saturated carbocycles. The maximum absolute atomic E-state index is 13.1. The fraction of sp³-hybridized carbons (Fsp3) is 0.450. The molecular weight excluding hydrogens is 424 g/mol. The van der Waals surface area contributed by atoms with Gasteiger partial charge in [0.2, 0.25) is 0 Å². The van der Waals surface area contributed by atoms with Crippen LogP contribution in [0.4, 0.5) is 11.6 Å². The normalized spacial score (nSPS) is 21.3. The van der Waals surface area contributed by atoms with Crippen molar-refractivity contribution in [2.45, 2.75) is 25.8 Å². The van der Waals surface area contributed by atoms with E-state index in [1.165, 1.54) is 0 Å². The van der Waals surface area contributed by atoms with Crippen molar-refractivity contribution in [2.24, 2.45) is 4.36 Å². The quantitative estimate of drug-likeness (QED) is 0.615. The highest BCUT2D eigenvalue weighted by Gasteiger charge is 2.24. The summed E-state index contributed by atoms with van der Waals surface area (Å²) >= 11 is 6.26. The molecular formula is C20H23ClN6O2S. The second-order valence-electron chi connectivity index (χ2n) is 7.74. The number of H-pyrrole nitrogens is 1. The van der Waals surface area contributed by atoms with Crippen molar-refractivity contribution in [3.8, 4) is 11.4 Å². The van der Waals surface area contributed by atoms with Gasteiger partial charge in [-0.15, -0.1) is 0 Å². The summed E-state index contributed by atoms with van der Waals surface area (Å²) in [5, 5.41) is 1.23. The number of nitrogens with zero attached hydrogens (tertiary/aromatic N) is 5. The van der Waals surface area contributed by atoms with Gasteiger partial charge in [0.15, 0.2) is 11.6 Å². The van der Waals surface area contributed by atoms with Gasteiger partial charge < -0.3 is 14.6 Å². The summed E-state index contributed by atoms with van der Waals surface area (Å²) in [6, 6.07) is 5.70. The molecule has 5 heterocycles. The molecule has 0 aliphatic carbocycles. The minimum atomic E-state index is -2.26. The summed E-state index contributed by atoms with van der Waals surface area (Å²) in [6.07, 6.45) is 3.70. The van der Waals surface area contributed by atoms with Gasteiger partial charge in [0, 0.05) is 41.3 Å². The monoisotopic (exact) mass is 446 g/mol. The first kappa shape index (κ1) is 19.7. The Hall–Kier alpha value is -2.23. The van der Waals surface area contributed by atoms with Crippen LogP contribution < -0.4 is 4.90 Å². The molecule has 0 aromatic carbocycles. The third kappa shape index (κ3) is 3.77. The van der Waals surface area contributed by atoms with Gasteiger partial charge in [-0.1, -0.05) is 11.6 Å². The predicted molar refractivity (Wildman–Crippen MR) is 119 cm³/mol. The standard InChI is InChI=1S/C20H23ClN6O2S/c1-13-12-29-7-6-27(13)18-11-17(26-30(28)8-2-3-9-30)24-20(25-18)15-10-16(21)23-19-14(15)4-5-22-19/h4-5,10-11,13H,2-3,6-9,12H2,1H3,(H,22,23)/t13-/m1/s1. The first-order chi connectivity index (χ1) is 14.5. The number of aromatic nitrogens is 4. The van der Waals surface area contributed by atoms with E-state index in [1.54, 1.807) is 6.07 Å². The summed E-state index contributed by atoms with van der Waals surface area (Å²) in [6.45, 7) is 4.09. The van der Waals surface area contributed by atoms with Gasteiger partial charge in [-0.3, -0.25) is 0 Å². The number of hydrogen-bond donors (Lipinski definition) is 1. The zero-order chi connectivity index (χ0) is 20.7. The van der Waals surface area contributed by atoms with Gasteiger partial charge in [-0.2, -0.15) is 4.36 Å². The maximum atomic E-state index is 13.1. The molecule has 3 aromatic rings.